The fraction of sp³-hybridized carbons (Fsp3) is 0.467. The van der Waals surface area contributed by atoms with E-state index in [9.17, 15) is 4.79 Å². The molecule has 0 aromatic carbocycles. The van der Waals surface area contributed by atoms with Crippen molar-refractivity contribution in [2.24, 2.45) is 5.92 Å². The first-order chi connectivity index (χ1) is 10.2. The van der Waals surface area contributed by atoms with E-state index in [1.807, 2.05) is 6.07 Å². The van der Waals surface area contributed by atoms with E-state index in [0.717, 1.165) is 24.3 Å². The summed E-state index contributed by atoms with van der Waals surface area (Å²) in [5.74, 6) is 0.644. The van der Waals surface area contributed by atoms with Gasteiger partial charge in [0.2, 0.25) is 0 Å². The third-order valence-electron chi connectivity index (χ3n) is 4.41. The van der Waals surface area contributed by atoms with Crippen molar-refractivity contribution in [3.63, 3.8) is 0 Å². The maximum absolute atomic E-state index is 12.4. The van der Waals surface area contributed by atoms with E-state index >= 15 is 0 Å². The molecule has 0 saturated carbocycles. The molecule has 0 spiro atoms. The minimum atomic E-state index is -0.0956. The molecule has 2 saturated heterocycles. The predicted octanol–water partition coefficient (Wildman–Crippen LogP) is 2.41. The van der Waals surface area contributed by atoms with E-state index in [2.05, 4.69) is 31.1 Å². The van der Waals surface area contributed by atoms with Crippen LogP contribution in [0.5, 0.6) is 0 Å². The summed E-state index contributed by atoms with van der Waals surface area (Å²) >= 11 is 3.29. The molecule has 2 aliphatic rings. The van der Waals surface area contributed by atoms with Crippen molar-refractivity contribution in [2.75, 3.05) is 19.6 Å². The topological polar surface area (TPSA) is 58.4 Å². The number of hydrogen-bond donors (Lipinski definition) is 1. The first-order valence-corrected chi connectivity index (χ1v) is 8.05. The lowest BCUT2D eigenvalue weighted by atomic mass is 9.97. The van der Waals surface area contributed by atoms with Gasteiger partial charge in [-0.2, -0.15) is 0 Å². The third-order valence-corrected chi connectivity index (χ3v) is 4.80. The van der Waals surface area contributed by atoms with Gasteiger partial charge in [0, 0.05) is 24.5 Å². The standard InChI is InChI=1S/C15H16BrN3O2/c16-14-5-10-4-12(17-6-13(10)21-14)15(20)18-11-3-9-1-2-19(7-9)8-11/h4-6,9,11H,1-3,7-8H2,(H,18,20)/t9-,11+/m0/s1. The lowest BCUT2D eigenvalue weighted by Crippen LogP contribution is -2.47. The van der Waals surface area contributed by atoms with Crippen LogP contribution in [0.1, 0.15) is 23.3 Å². The molecule has 2 aliphatic heterocycles. The third kappa shape index (κ3) is 2.58. The van der Waals surface area contributed by atoms with Crippen LogP contribution in [0.4, 0.5) is 0 Å². The molecule has 2 aromatic heterocycles. The molecule has 21 heavy (non-hydrogen) atoms. The number of piperidine rings is 1. The smallest absolute Gasteiger partial charge is 0.270 e. The lowest BCUT2D eigenvalue weighted by Gasteiger charge is -2.30. The first kappa shape index (κ1) is 13.3. The summed E-state index contributed by atoms with van der Waals surface area (Å²) in [7, 11) is 0. The van der Waals surface area contributed by atoms with Crippen LogP contribution in [0.25, 0.3) is 11.0 Å². The largest absolute Gasteiger partial charge is 0.448 e. The molecule has 2 fully saturated rings. The molecule has 1 unspecified atom stereocenters. The Hall–Kier alpha value is -1.40. The zero-order valence-corrected chi connectivity index (χ0v) is 13.1. The maximum Gasteiger partial charge on any atom is 0.270 e. The molecular weight excluding hydrogens is 334 g/mol. The van der Waals surface area contributed by atoms with Gasteiger partial charge in [-0.25, -0.2) is 4.98 Å². The average Bonchev–Trinajstić information content (AvgIpc) is 2.99. The van der Waals surface area contributed by atoms with E-state index in [4.69, 9.17) is 4.42 Å². The summed E-state index contributed by atoms with van der Waals surface area (Å²) in [5, 5.41) is 4.01. The summed E-state index contributed by atoms with van der Waals surface area (Å²) in [5.41, 5.74) is 1.13. The Labute approximate surface area is 130 Å². The number of amides is 1. The highest BCUT2D eigenvalue weighted by Crippen LogP contribution is 2.27. The van der Waals surface area contributed by atoms with Gasteiger partial charge in [0.25, 0.3) is 5.91 Å². The van der Waals surface area contributed by atoms with Gasteiger partial charge in [0.1, 0.15) is 5.69 Å². The summed E-state index contributed by atoms with van der Waals surface area (Å²) in [6.45, 7) is 3.33. The second-order valence-electron chi connectivity index (χ2n) is 5.98. The summed E-state index contributed by atoms with van der Waals surface area (Å²) in [4.78, 5) is 19.0. The van der Waals surface area contributed by atoms with Crippen LogP contribution in [0, 0.1) is 5.92 Å². The molecule has 4 rings (SSSR count). The van der Waals surface area contributed by atoms with Gasteiger partial charge >= 0.3 is 0 Å². The van der Waals surface area contributed by atoms with Crippen molar-refractivity contribution >= 4 is 32.8 Å². The number of fused-ring (bicyclic) bond motifs is 3. The van der Waals surface area contributed by atoms with E-state index in [0.29, 0.717) is 15.9 Å². The summed E-state index contributed by atoms with van der Waals surface area (Å²) < 4.78 is 6.05. The minimum absolute atomic E-state index is 0.0956. The number of furan rings is 1. The quantitative estimate of drug-likeness (QED) is 0.904. The highest BCUT2D eigenvalue weighted by atomic mass is 79.9. The number of aromatic nitrogens is 1. The Morgan fingerprint density at radius 3 is 3.19 bits per heavy atom. The number of nitrogens with one attached hydrogen (secondary N) is 1. The number of carbonyl (C=O) groups is 1. The van der Waals surface area contributed by atoms with Crippen LogP contribution in [-0.4, -0.2) is 41.5 Å². The minimum Gasteiger partial charge on any atom is -0.448 e. The fourth-order valence-electron chi connectivity index (χ4n) is 3.46. The van der Waals surface area contributed by atoms with Crippen molar-refractivity contribution in [2.45, 2.75) is 18.9 Å². The molecule has 0 radical (unpaired) electrons. The van der Waals surface area contributed by atoms with E-state index < -0.39 is 0 Å². The van der Waals surface area contributed by atoms with Crippen LogP contribution < -0.4 is 5.32 Å². The van der Waals surface area contributed by atoms with Crippen LogP contribution in [0.2, 0.25) is 0 Å². The molecule has 2 aromatic rings. The Kier molecular flexibility index (Phi) is 3.23. The zero-order chi connectivity index (χ0) is 14.4. The van der Waals surface area contributed by atoms with Crippen molar-refractivity contribution in [3.05, 3.63) is 28.7 Å². The normalized spacial score (nSPS) is 28.0. The highest BCUT2D eigenvalue weighted by molar-refractivity contribution is 9.10. The molecule has 5 nitrogen and oxygen atoms in total. The first-order valence-electron chi connectivity index (χ1n) is 7.26. The van der Waals surface area contributed by atoms with E-state index in [-0.39, 0.29) is 11.9 Å². The Morgan fingerprint density at radius 2 is 2.33 bits per heavy atom. The fourth-order valence-corrected chi connectivity index (χ4v) is 3.88. The number of halogens is 1. The SMILES string of the molecule is O=C(N[C@@H]1C[C@@H]2CCN(C2)C1)c1cc2cc(Br)oc2cn1. The molecule has 1 amide bonds. The van der Waals surface area contributed by atoms with Gasteiger partial charge in [0.15, 0.2) is 10.3 Å². The molecule has 4 heterocycles. The van der Waals surface area contributed by atoms with Crippen LogP contribution in [-0.2, 0) is 0 Å². The van der Waals surface area contributed by atoms with Crippen molar-refractivity contribution in [3.8, 4) is 0 Å². The van der Waals surface area contributed by atoms with E-state index in [1.165, 1.54) is 19.5 Å². The van der Waals surface area contributed by atoms with Gasteiger partial charge in [-0.15, -0.1) is 0 Å². The van der Waals surface area contributed by atoms with Gasteiger partial charge in [-0.1, -0.05) is 0 Å². The average molecular weight is 350 g/mol. The number of nitrogens with zero attached hydrogens (tertiary/aromatic N) is 2. The van der Waals surface area contributed by atoms with Crippen molar-refractivity contribution < 1.29 is 9.21 Å². The van der Waals surface area contributed by atoms with Gasteiger partial charge in [-0.3, -0.25) is 4.79 Å². The Balaban J connectivity index is 1.50. The molecule has 0 aliphatic carbocycles. The van der Waals surface area contributed by atoms with E-state index in [1.54, 1.807) is 12.3 Å². The maximum atomic E-state index is 12.4. The van der Waals surface area contributed by atoms with Gasteiger partial charge < -0.3 is 14.6 Å². The summed E-state index contributed by atoms with van der Waals surface area (Å²) in [6.07, 6.45) is 3.95. The summed E-state index contributed by atoms with van der Waals surface area (Å²) in [6, 6.07) is 3.86. The van der Waals surface area contributed by atoms with Crippen molar-refractivity contribution in [1.82, 2.24) is 15.2 Å². The monoisotopic (exact) mass is 349 g/mol. The predicted molar refractivity (Wildman–Crippen MR) is 82.1 cm³/mol. The second kappa shape index (κ2) is 5.10. The molecule has 110 valence electrons. The molecule has 6 heteroatoms. The zero-order valence-electron chi connectivity index (χ0n) is 11.5. The van der Waals surface area contributed by atoms with Gasteiger partial charge in [-0.05, 0) is 53.4 Å². The molecular formula is C15H16BrN3O2. The van der Waals surface area contributed by atoms with Crippen molar-refractivity contribution in [1.29, 1.82) is 0 Å². The second-order valence-corrected chi connectivity index (χ2v) is 6.76. The van der Waals surface area contributed by atoms with Crippen LogP contribution in [0.15, 0.2) is 27.4 Å². The molecule has 1 N–H and O–H groups in total. The molecule has 2 bridgehead atoms. The number of hydrogen-bond acceptors (Lipinski definition) is 4. The number of pyridine rings is 1. The number of rotatable bonds is 2. The highest BCUT2D eigenvalue weighted by Gasteiger charge is 2.33. The lowest BCUT2D eigenvalue weighted by molar-refractivity contribution is 0.0904. The Morgan fingerprint density at radius 1 is 1.43 bits per heavy atom. The van der Waals surface area contributed by atoms with Gasteiger partial charge in [0.05, 0.1) is 6.20 Å². The molecule has 3 atom stereocenters. The van der Waals surface area contributed by atoms with Crippen LogP contribution >= 0.6 is 15.9 Å². The number of carbonyl (C=O) groups excluding carboxylic acids is 1. The van der Waals surface area contributed by atoms with Crippen LogP contribution in [0.3, 0.4) is 0 Å². The Bertz CT molecular complexity index is 687.